The standard InChI is InChI=1S/C17H21BrN4OS/c18-13-9-15-16(20-10-13)14(1-3-19-15)21-11-17(2-8-24-12-17)22-4-6-23-7-5-22/h1,3,9-10H,2,4-8,11-12H2,(H,19,21). The maximum Gasteiger partial charge on any atom is 0.112 e. The minimum absolute atomic E-state index is 0.222. The summed E-state index contributed by atoms with van der Waals surface area (Å²) in [4.78, 5) is 11.6. The molecular formula is C17H21BrN4OS. The number of nitrogens with zero attached hydrogens (tertiary/aromatic N) is 3. The molecule has 0 spiro atoms. The first kappa shape index (κ1) is 16.6. The molecular weight excluding hydrogens is 388 g/mol. The highest BCUT2D eigenvalue weighted by Gasteiger charge is 2.40. The molecule has 2 fully saturated rings. The number of aromatic nitrogens is 2. The first-order chi connectivity index (χ1) is 11.8. The van der Waals surface area contributed by atoms with Crippen molar-refractivity contribution in [2.45, 2.75) is 12.0 Å². The van der Waals surface area contributed by atoms with Crippen molar-refractivity contribution in [2.24, 2.45) is 0 Å². The third-order valence-corrected chi connectivity index (χ3v) is 6.58. The summed E-state index contributed by atoms with van der Waals surface area (Å²) in [5.41, 5.74) is 3.13. The van der Waals surface area contributed by atoms with Gasteiger partial charge in [0.05, 0.1) is 24.4 Å². The van der Waals surface area contributed by atoms with Gasteiger partial charge in [0.2, 0.25) is 0 Å². The fourth-order valence-electron chi connectivity index (χ4n) is 3.54. The van der Waals surface area contributed by atoms with Crippen LogP contribution in [0.2, 0.25) is 0 Å². The van der Waals surface area contributed by atoms with Crippen molar-refractivity contribution in [1.29, 1.82) is 0 Å². The van der Waals surface area contributed by atoms with Crippen molar-refractivity contribution in [3.05, 3.63) is 29.0 Å². The molecule has 128 valence electrons. The zero-order valence-electron chi connectivity index (χ0n) is 13.5. The molecule has 5 nitrogen and oxygen atoms in total. The molecule has 2 aromatic heterocycles. The quantitative estimate of drug-likeness (QED) is 0.838. The van der Waals surface area contributed by atoms with Crippen molar-refractivity contribution in [3.63, 3.8) is 0 Å². The number of morpholine rings is 1. The number of hydrogen-bond acceptors (Lipinski definition) is 6. The second-order valence-electron chi connectivity index (χ2n) is 6.36. The van der Waals surface area contributed by atoms with Crippen LogP contribution in [0.4, 0.5) is 5.69 Å². The Labute approximate surface area is 154 Å². The van der Waals surface area contributed by atoms with Gasteiger partial charge in [0.25, 0.3) is 0 Å². The van der Waals surface area contributed by atoms with E-state index < -0.39 is 0 Å². The normalized spacial score (nSPS) is 25.2. The van der Waals surface area contributed by atoms with Gasteiger partial charge in [0, 0.05) is 47.8 Å². The zero-order valence-corrected chi connectivity index (χ0v) is 15.9. The summed E-state index contributed by atoms with van der Waals surface area (Å²) in [7, 11) is 0. The molecule has 2 aromatic rings. The molecule has 2 saturated heterocycles. The Hall–Kier alpha value is -0.890. The van der Waals surface area contributed by atoms with Crippen molar-refractivity contribution in [3.8, 4) is 0 Å². The molecule has 0 aromatic carbocycles. The fourth-order valence-corrected chi connectivity index (χ4v) is 5.34. The predicted molar refractivity (Wildman–Crippen MR) is 103 cm³/mol. The van der Waals surface area contributed by atoms with Gasteiger partial charge in [-0.05, 0) is 40.2 Å². The van der Waals surface area contributed by atoms with Crippen LogP contribution in [0, 0.1) is 0 Å². The number of rotatable bonds is 4. The Morgan fingerprint density at radius 3 is 3.00 bits per heavy atom. The Bertz CT molecular complexity index is 717. The number of halogens is 1. The van der Waals surface area contributed by atoms with Gasteiger partial charge in [-0.15, -0.1) is 0 Å². The minimum Gasteiger partial charge on any atom is -0.381 e. The van der Waals surface area contributed by atoms with Gasteiger partial charge in [-0.3, -0.25) is 14.9 Å². The average Bonchev–Trinajstić information content (AvgIpc) is 3.10. The second-order valence-corrected chi connectivity index (χ2v) is 8.38. The van der Waals surface area contributed by atoms with Gasteiger partial charge in [-0.25, -0.2) is 0 Å². The molecule has 0 saturated carbocycles. The third-order valence-electron chi connectivity index (χ3n) is 4.92. The highest BCUT2D eigenvalue weighted by atomic mass is 79.9. The maximum absolute atomic E-state index is 5.54. The summed E-state index contributed by atoms with van der Waals surface area (Å²) < 4.78 is 6.50. The number of fused-ring (bicyclic) bond motifs is 1. The summed E-state index contributed by atoms with van der Waals surface area (Å²) in [6.45, 7) is 4.70. The Morgan fingerprint density at radius 1 is 1.33 bits per heavy atom. The smallest absolute Gasteiger partial charge is 0.112 e. The number of ether oxygens (including phenoxy) is 1. The first-order valence-electron chi connectivity index (χ1n) is 8.32. The van der Waals surface area contributed by atoms with E-state index in [1.165, 1.54) is 17.9 Å². The van der Waals surface area contributed by atoms with E-state index in [1.54, 1.807) is 0 Å². The van der Waals surface area contributed by atoms with E-state index in [0.29, 0.717) is 0 Å². The monoisotopic (exact) mass is 408 g/mol. The second kappa shape index (κ2) is 7.15. The van der Waals surface area contributed by atoms with Crippen LogP contribution in [-0.4, -0.2) is 64.8 Å². The average molecular weight is 409 g/mol. The first-order valence-corrected chi connectivity index (χ1v) is 10.3. The SMILES string of the molecule is Brc1cnc2c(NCC3(N4CCOCC4)CCSC3)ccnc2c1. The van der Waals surface area contributed by atoms with Gasteiger partial charge < -0.3 is 10.1 Å². The molecule has 4 rings (SSSR count). The van der Waals surface area contributed by atoms with Crippen molar-refractivity contribution < 1.29 is 4.74 Å². The Morgan fingerprint density at radius 2 is 2.21 bits per heavy atom. The zero-order chi connectivity index (χ0) is 16.4. The summed E-state index contributed by atoms with van der Waals surface area (Å²) in [6.07, 6.45) is 4.91. The molecule has 1 atom stereocenters. The van der Waals surface area contributed by atoms with E-state index in [-0.39, 0.29) is 5.54 Å². The molecule has 1 N–H and O–H groups in total. The lowest BCUT2D eigenvalue weighted by Crippen LogP contribution is -2.57. The van der Waals surface area contributed by atoms with E-state index >= 15 is 0 Å². The Kier molecular flexibility index (Phi) is 4.94. The summed E-state index contributed by atoms with van der Waals surface area (Å²) in [5, 5.41) is 3.67. The van der Waals surface area contributed by atoms with Gasteiger partial charge in [-0.2, -0.15) is 11.8 Å². The molecule has 24 heavy (non-hydrogen) atoms. The van der Waals surface area contributed by atoms with Crippen LogP contribution in [0.25, 0.3) is 11.0 Å². The molecule has 4 heterocycles. The highest BCUT2D eigenvalue weighted by Crippen LogP contribution is 2.35. The van der Waals surface area contributed by atoms with Gasteiger partial charge in [0.15, 0.2) is 0 Å². The minimum atomic E-state index is 0.222. The van der Waals surface area contributed by atoms with E-state index in [2.05, 4.69) is 47.9 Å². The largest absolute Gasteiger partial charge is 0.381 e. The van der Waals surface area contributed by atoms with Gasteiger partial charge >= 0.3 is 0 Å². The van der Waals surface area contributed by atoms with Crippen LogP contribution in [0.3, 0.4) is 0 Å². The van der Waals surface area contributed by atoms with Gasteiger partial charge in [0.1, 0.15) is 5.52 Å². The highest BCUT2D eigenvalue weighted by molar-refractivity contribution is 9.10. The molecule has 0 amide bonds. The van der Waals surface area contributed by atoms with E-state index in [1.807, 2.05) is 24.5 Å². The van der Waals surface area contributed by atoms with E-state index in [4.69, 9.17) is 4.74 Å². The summed E-state index contributed by atoms with van der Waals surface area (Å²) in [6, 6.07) is 4.04. The van der Waals surface area contributed by atoms with Crippen LogP contribution < -0.4 is 5.32 Å². The van der Waals surface area contributed by atoms with E-state index in [0.717, 1.165) is 54.0 Å². The van der Waals surface area contributed by atoms with E-state index in [9.17, 15) is 0 Å². The summed E-state index contributed by atoms with van der Waals surface area (Å²) in [5.74, 6) is 2.42. The topological polar surface area (TPSA) is 50.3 Å². The van der Waals surface area contributed by atoms with Crippen LogP contribution in [0.5, 0.6) is 0 Å². The fraction of sp³-hybridized carbons (Fsp3) is 0.529. The van der Waals surface area contributed by atoms with Crippen molar-refractivity contribution in [2.75, 3.05) is 49.7 Å². The molecule has 0 aliphatic carbocycles. The number of thioether (sulfide) groups is 1. The van der Waals surface area contributed by atoms with Crippen LogP contribution in [0.1, 0.15) is 6.42 Å². The lowest BCUT2D eigenvalue weighted by Gasteiger charge is -2.43. The molecule has 7 heteroatoms. The van der Waals surface area contributed by atoms with Crippen LogP contribution in [0.15, 0.2) is 29.0 Å². The van der Waals surface area contributed by atoms with Crippen LogP contribution >= 0.6 is 27.7 Å². The molecule has 0 bridgehead atoms. The molecule has 0 radical (unpaired) electrons. The van der Waals surface area contributed by atoms with Crippen molar-refractivity contribution >= 4 is 44.4 Å². The number of anilines is 1. The number of nitrogens with one attached hydrogen (secondary N) is 1. The lowest BCUT2D eigenvalue weighted by molar-refractivity contribution is -0.00919. The number of hydrogen-bond donors (Lipinski definition) is 1. The predicted octanol–water partition coefficient (Wildman–Crippen LogP) is 3.01. The molecule has 1 unspecified atom stereocenters. The summed E-state index contributed by atoms with van der Waals surface area (Å²) >= 11 is 5.53. The maximum atomic E-state index is 5.54. The third kappa shape index (κ3) is 3.27. The Balaban J connectivity index is 1.56. The van der Waals surface area contributed by atoms with Crippen molar-refractivity contribution in [1.82, 2.24) is 14.9 Å². The molecule has 2 aliphatic rings. The van der Waals surface area contributed by atoms with Gasteiger partial charge in [-0.1, -0.05) is 0 Å². The lowest BCUT2D eigenvalue weighted by atomic mass is 9.95. The molecule has 2 aliphatic heterocycles. The van der Waals surface area contributed by atoms with Crippen LogP contribution in [-0.2, 0) is 4.74 Å². The number of pyridine rings is 2.